The molecule has 0 N–H and O–H groups in total. The highest BCUT2D eigenvalue weighted by Crippen LogP contribution is 2.34. The Balaban J connectivity index is 2.06. The molecule has 0 saturated carbocycles. The summed E-state index contributed by atoms with van der Waals surface area (Å²) >= 11 is 0. The zero-order valence-electron chi connectivity index (χ0n) is 7.84. The van der Waals surface area contributed by atoms with Gasteiger partial charge in [0.2, 0.25) is 0 Å². The molecule has 2 aliphatic rings. The summed E-state index contributed by atoms with van der Waals surface area (Å²) in [5.41, 5.74) is 0.921. The molecule has 1 aliphatic carbocycles. The minimum Gasteiger partial charge on any atom is -0.347 e. The minimum absolute atomic E-state index is 0.174. The van der Waals surface area contributed by atoms with E-state index in [4.69, 9.17) is 9.47 Å². The van der Waals surface area contributed by atoms with Gasteiger partial charge in [-0.25, -0.2) is 0 Å². The molecule has 0 radical (unpaired) electrons. The zero-order valence-corrected chi connectivity index (χ0v) is 7.84. The molecule has 0 atom stereocenters. The van der Waals surface area contributed by atoms with E-state index in [2.05, 4.69) is 0 Å². The summed E-state index contributed by atoms with van der Waals surface area (Å²) in [5, 5.41) is 0. The van der Waals surface area contributed by atoms with Crippen LogP contribution in [0.1, 0.15) is 26.2 Å². The summed E-state index contributed by atoms with van der Waals surface area (Å²) in [5.74, 6) is -0.216. The Morgan fingerprint density at radius 1 is 1.46 bits per heavy atom. The standard InChI is InChI=1S/C10H14O3/c1-8(11)9-2-4-10(5-3-9)12-6-7-13-10/h2H,3-7H2,1H3. The number of hydrogen-bond donors (Lipinski definition) is 0. The number of ketones is 1. The first-order chi connectivity index (χ1) is 6.22. The Morgan fingerprint density at radius 2 is 2.15 bits per heavy atom. The number of Topliss-reactive ketones (excluding diaryl/α,β-unsaturated/α-hetero) is 1. The Bertz CT molecular complexity index is 249. The SMILES string of the molecule is CC(=O)C1=CCC2(CC1)OCCO2. The van der Waals surface area contributed by atoms with Gasteiger partial charge in [0.05, 0.1) is 13.2 Å². The Kier molecular flexibility index (Phi) is 2.22. The average molecular weight is 182 g/mol. The number of carbonyl (C=O) groups excluding carboxylic acids is 1. The van der Waals surface area contributed by atoms with Gasteiger partial charge in [0.1, 0.15) is 0 Å². The van der Waals surface area contributed by atoms with Crippen LogP contribution in [0.25, 0.3) is 0 Å². The number of carbonyl (C=O) groups is 1. The van der Waals surface area contributed by atoms with Crippen LogP contribution in [0.2, 0.25) is 0 Å². The minimum atomic E-state index is -0.390. The molecule has 1 spiro atoms. The van der Waals surface area contributed by atoms with E-state index in [1.807, 2.05) is 6.08 Å². The molecule has 3 heteroatoms. The third kappa shape index (κ3) is 1.67. The highest BCUT2D eigenvalue weighted by Gasteiger charge is 2.37. The maximum Gasteiger partial charge on any atom is 0.172 e. The van der Waals surface area contributed by atoms with Crippen LogP contribution in [0.5, 0.6) is 0 Å². The summed E-state index contributed by atoms with van der Waals surface area (Å²) in [6.07, 6.45) is 4.28. The molecule has 0 bridgehead atoms. The zero-order chi connectivity index (χ0) is 9.31. The lowest BCUT2D eigenvalue weighted by Gasteiger charge is -2.29. The van der Waals surface area contributed by atoms with Crippen molar-refractivity contribution in [2.75, 3.05) is 13.2 Å². The second-order valence-corrected chi connectivity index (χ2v) is 3.60. The van der Waals surface area contributed by atoms with Crippen molar-refractivity contribution in [3.8, 4) is 0 Å². The molecular formula is C10H14O3. The van der Waals surface area contributed by atoms with Crippen molar-refractivity contribution in [3.05, 3.63) is 11.6 Å². The summed E-state index contributed by atoms with van der Waals surface area (Å²) in [7, 11) is 0. The van der Waals surface area contributed by atoms with E-state index in [9.17, 15) is 4.79 Å². The van der Waals surface area contributed by atoms with Crippen molar-refractivity contribution < 1.29 is 14.3 Å². The maximum absolute atomic E-state index is 11.1. The van der Waals surface area contributed by atoms with Gasteiger partial charge < -0.3 is 9.47 Å². The fraction of sp³-hybridized carbons (Fsp3) is 0.700. The van der Waals surface area contributed by atoms with Crippen molar-refractivity contribution in [3.63, 3.8) is 0 Å². The molecule has 0 aromatic carbocycles. The van der Waals surface area contributed by atoms with Crippen LogP contribution < -0.4 is 0 Å². The van der Waals surface area contributed by atoms with Crippen LogP contribution in [0.3, 0.4) is 0 Å². The van der Waals surface area contributed by atoms with Crippen molar-refractivity contribution in [2.45, 2.75) is 32.0 Å². The topological polar surface area (TPSA) is 35.5 Å². The quantitative estimate of drug-likeness (QED) is 0.615. The molecule has 0 aromatic heterocycles. The van der Waals surface area contributed by atoms with Crippen LogP contribution in [0, 0.1) is 0 Å². The predicted octanol–water partition coefficient (Wildman–Crippen LogP) is 1.43. The molecule has 72 valence electrons. The largest absolute Gasteiger partial charge is 0.347 e. The van der Waals surface area contributed by atoms with E-state index in [0.717, 1.165) is 24.8 Å². The molecule has 13 heavy (non-hydrogen) atoms. The highest BCUT2D eigenvalue weighted by atomic mass is 16.7. The fourth-order valence-electron chi connectivity index (χ4n) is 1.89. The van der Waals surface area contributed by atoms with Crippen LogP contribution >= 0.6 is 0 Å². The van der Waals surface area contributed by atoms with E-state index in [1.54, 1.807) is 6.92 Å². The van der Waals surface area contributed by atoms with Gasteiger partial charge in [-0.1, -0.05) is 6.08 Å². The van der Waals surface area contributed by atoms with Crippen LogP contribution in [-0.2, 0) is 14.3 Å². The van der Waals surface area contributed by atoms with Crippen molar-refractivity contribution in [2.24, 2.45) is 0 Å². The molecule has 0 amide bonds. The van der Waals surface area contributed by atoms with Gasteiger partial charge in [0, 0.05) is 12.8 Å². The van der Waals surface area contributed by atoms with Gasteiger partial charge >= 0.3 is 0 Å². The molecule has 1 heterocycles. The van der Waals surface area contributed by atoms with E-state index in [-0.39, 0.29) is 11.6 Å². The van der Waals surface area contributed by atoms with E-state index >= 15 is 0 Å². The Hall–Kier alpha value is -0.670. The first kappa shape index (κ1) is 8.91. The molecule has 3 nitrogen and oxygen atoms in total. The monoisotopic (exact) mass is 182 g/mol. The molecular weight excluding hydrogens is 168 g/mol. The van der Waals surface area contributed by atoms with Gasteiger partial charge in [0.15, 0.2) is 11.6 Å². The summed E-state index contributed by atoms with van der Waals surface area (Å²) in [6.45, 7) is 2.98. The molecule has 0 aromatic rings. The smallest absolute Gasteiger partial charge is 0.172 e. The van der Waals surface area contributed by atoms with Gasteiger partial charge in [-0.05, 0) is 18.9 Å². The second-order valence-electron chi connectivity index (χ2n) is 3.60. The Labute approximate surface area is 77.7 Å². The predicted molar refractivity (Wildman–Crippen MR) is 47.3 cm³/mol. The van der Waals surface area contributed by atoms with Crippen LogP contribution in [-0.4, -0.2) is 24.8 Å². The number of rotatable bonds is 1. The molecule has 1 fully saturated rings. The maximum atomic E-state index is 11.1. The first-order valence-electron chi connectivity index (χ1n) is 4.70. The normalized spacial score (nSPS) is 26.1. The van der Waals surface area contributed by atoms with E-state index in [1.165, 1.54) is 0 Å². The molecule has 1 aliphatic heterocycles. The lowest BCUT2D eigenvalue weighted by Crippen LogP contribution is -2.32. The van der Waals surface area contributed by atoms with Gasteiger partial charge in [-0.3, -0.25) is 4.79 Å². The lowest BCUT2D eigenvalue weighted by atomic mass is 9.92. The van der Waals surface area contributed by atoms with E-state index in [0.29, 0.717) is 13.2 Å². The second kappa shape index (κ2) is 3.24. The van der Waals surface area contributed by atoms with E-state index < -0.39 is 0 Å². The number of allylic oxidation sites excluding steroid dienone is 1. The summed E-state index contributed by atoms with van der Waals surface area (Å²) in [6, 6.07) is 0. The van der Waals surface area contributed by atoms with Crippen LogP contribution in [0.15, 0.2) is 11.6 Å². The average Bonchev–Trinajstić information content (AvgIpc) is 2.54. The van der Waals surface area contributed by atoms with Gasteiger partial charge in [0.25, 0.3) is 0 Å². The van der Waals surface area contributed by atoms with Crippen LogP contribution in [0.4, 0.5) is 0 Å². The van der Waals surface area contributed by atoms with Crippen molar-refractivity contribution >= 4 is 5.78 Å². The van der Waals surface area contributed by atoms with Crippen molar-refractivity contribution in [1.82, 2.24) is 0 Å². The summed E-state index contributed by atoms with van der Waals surface area (Å²) < 4.78 is 11.1. The molecule has 1 saturated heterocycles. The summed E-state index contributed by atoms with van der Waals surface area (Å²) in [4.78, 5) is 11.1. The molecule has 0 unspecified atom stereocenters. The van der Waals surface area contributed by atoms with Gasteiger partial charge in [-0.15, -0.1) is 0 Å². The first-order valence-corrected chi connectivity index (χ1v) is 4.70. The Morgan fingerprint density at radius 3 is 2.62 bits per heavy atom. The van der Waals surface area contributed by atoms with Crippen molar-refractivity contribution in [1.29, 1.82) is 0 Å². The number of ether oxygens (including phenoxy) is 2. The lowest BCUT2D eigenvalue weighted by molar-refractivity contribution is -0.161. The highest BCUT2D eigenvalue weighted by molar-refractivity contribution is 5.93. The number of hydrogen-bond acceptors (Lipinski definition) is 3. The van der Waals surface area contributed by atoms with Gasteiger partial charge in [-0.2, -0.15) is 0 Å². The third-order valence-electron chi connectivity index (χ3n) is 2.70. The molecule has 2 rings (SSSR count). The third-order valence-corrected chi connectivity index (χ3v) is 2.70. The fourth-order valence-corrected chi connectivity index (χ4v) is 1.89.